The molecule has 0 heterocycles. The number of amides is 1. The number of hydrogen-bond acceptors (Lipinski definition) is 3. The molecule has 1 aromatic rings. The van der Waals surface area contributed by atoms with E-state index < -0.39 is 43.6 Å². The molecular weight excluding hydrogens is 302 g/mol. The Morgan fingerprint density at radius 2 is 1.90 bits per heavy atom. The minimum Gasteiger partial charge on any atom is -0.347 e. The molecule has 1 aromatic carbocycles. The Bertz CT molecular complexity index is 658. The lowest BCUT2D eigenvalue weighted by molar-refractivity contribution is 0.0903. The number of nitrogens with two attached hydrogens (primary N) is 1. The summed E-state index contributed by atoms with van der Waals surface area (Å²) in [6.07, 6.45) is 1.40. The zero-order chi connectivity index (χ0) is 16.4. The summed E-state index contributed by atoms with van der Waals surface area (Å²) in [4.78, 5) is 11.0. The number of primary sulfonamides is 1. The van der Waals surface area contributed by atoms with Gasteiger partial charge >= 0.3 is 0 Å². The van der Waals surface area contributed by atoms with Crippen LogP contribution >= 0.6 is 0 Å². The Labute approximate surface area is 122 Å². The second-order valence-corrected chi connectivity index (χ2v) is 6.93. The van der Waals surface area contributed by atoms with E-state index in [1.807, 2.05) is 6.92 Å². The molecule has 0 aromatic heterocycles. The first-order chi connectivity index (χ1) is 9.48. The van der Waals surface area contributed by atoms with Crippen molar-refractivity contribution in [1.29, 1.82) is 0 Å². The summed E-state index contributed by atoms with van der Waals surface area (Å²) in [6.45, 7) is 5.37. The molecule has 8 heteroatoms. The lowest BCUT2D eigenvalue weighted by Crippen LogP contribution is -2.43. The van der Waals surface area contributed by atoms with Gasteiger partial charge in [0, 0.05) is 5.54 Å². The highest BCUT2D eigenvalue weighted by molar-refractivity contribution is 7.89. The molecular formula is C13H18F2N2O3S. The van der Waals surface area contributed by atoms with E-state index in [0.29, 0.717) is 18.6 Å². The maximum atomic E-state index is 14.1. The molecule has 5 nitrogen and oxygen atoms in total. The molecule has 0 saturated heterocycles. The van der Waals surface area contributed by atoms with Gasteiger partial charge in [0.05, 0.1) is 5.56 Å². The first kappa shape index (κ1) is 17.5. The molecule has 0 aliphatic heterocycles. The molecule has 0 saturated carbocycles. The van der Waals surface area contributed by atoms with Crippen LogP contribution in [0.15, 0.2) is 17.0 Å². The van der Waals surface area contributed by atoms with Crippen molar-refractivity contribution in [3.8, 4) is 0 Å². The summed E-state index contributed by atoms with van der Waals surface area (Å²) in [5.74, 6) is -3.31. The van der Waals surface area contributed by atoms with Crippen molar-refractivity contribution < 1.29 is 22.0 Å². The fourth-order valence-electron chi connectivity index (χ4n) is 2.00. The van der Waals surface area contributed by atoms with Crippen LogP contribution in [0.4, 0.5) is 8.78 Å². The molecule has 0 atom stereocenters. The van der Waals surface area contributed by atoms with E-state index in [-0.39, 0.29) is 0 Å². The molecule has 0 aliphatic carbocycles. The van der Waals surface area contributed by atoms with Gasteiger partial charge in [0.2, 0.25) is 10.0 Å². The topological polar surface area (TPSA) is 89.3 Å². The van der Waals surface area contributed by atoms with Crippen LogP contribution in [0.1, 0.15) is 44.0 Å². The molecule has 118 valence electrons. The van der Waals surface area contributed by atoms with Gasteiger partial charge < -0.3 is 5.32 Å². The van der Waals surface area contributed by atoms with Crippen molar-refractivity contribution in [3.05, 3.63) is 29.3 Å². The monoisotopic (exact) mass is 320 g/mol. The van der Waals surface area contributed by atoms with Gasteiger partial charge in [-0.15, -0.1) is 0 Å². The zero-order valence-corrected chi connectivity index (χ0v) is 12.9. The fourth-order valence-corrected chi connectivity index (χ4v) is 2.64. The maximum Gasteiger partial charge on any atom is 0.254 e. The Balaban J connectivity index is 3.26. The number of rotatable bonds is 5. The van der Waals surface area contributed by atoms with Crippen LogP contribution in [0, 0.1) is 11.6 Å². The predicted octanol–water partition coefficient (Wildman–Crippen LogP) is 1.92. The Morgan fingerprint density at radius 3 is 2.38 bits per heavy atom. The second kappa shape index (κ2) is 6.07. The van der Waals surface area contributed by atoms with Crippen molar-refractivity contribution in [2.24, 2.45) is 5.14 Å². The zero-order valence-electron chi connectivity index (χ0n) is 12.0. The van der Waals surface area contributed by atoms with Crippen molar-refractivity contribution in [2.45, 2.75) is 44.0 Å². The van der Waals surface area contributed by atoms with Gasteiger partial charge in [-0.2, -0.15) is 0 Å². The molecule has 1 rings (SSSR count). The van der Waals surface area contributed by atoms with Crippen LogP contribution in [0.2, 0.25) is 0 Å². The summed E-state index contributed by atoms with van der Waals surface area (Å²) in [7, 11) is -4.46. The summed E-state index contributed by atoms with van der Waals surface area (Å²) in [5, 5.41) is 7.34. The van der Waals surface area contributed by atoms with E-state index in [0.717, 1.165) is 6.42 Å². The summed E-state index contributed by atoms with van der Waals surface area (Å²) >= 11 is 0. The van der Waals surface area contributed by atoms with Crippen molar-refractivity contribution in [1.82, 2.24) is 5.32 Å². The Hall–Kier alpha value is -1.54. The minimum atomic E-state index is -4.46. The normalized spacial score (nSPS) is 12.3. The van der Waals surface area contributed by atoms with Crippen molar-refractivity contribution in [2.75, 3.05) is 0 Å². The molecule has 0 fully saturated rings. The average molecular weight is 320 g/mol. The fraction of sp³-hybridized carbons (Fsp3) is 0.462. The SMILES string of the molecule is CCCC(C)(C)NC(=O)c1cc(F)cc(S(N)(=O)=O)c1F. The summed E-state index contributed by atoms with van der Waals surface area (Å²) < 4.78 is 49.9. The van der Waals surface area contributed by atoms with Gasteiger partial charge in [0.1, 0.15) is 10.7 Å². The Morgan fingerprint density at radius 1 is 1.33 bits per heavy atom. The van der Waals surface area contributed by atoms with E-state index in [9.17, 15) is 22.0 Å². The second-order valence-electron chi connectivity index (χ2n) is 5.40. The third-order valence-electron chi connectivity index (χ3n) is 2.88. The number of sulfonamides is 1. The van der Waals surface area contributed by atoms with E-state index in [1.165, 1.54) is 0 Å². The minimum absolute atomic E-state index is 0.443. The van der Waals surface area contributed by atoms with Crippen LogP contribution in [0.3, 0.4) is 0 Å². The molecule has 0 bridgehead atoms. The van der Waals surface area contributed by atoms with E-state index in [4.69, 9.17) is 5.14 Å². The lowest BCUT2D eigenvalue weighted by Gasteiger charge is -2.26. The lowest BCUT2D eigenvalue weighted by atomic mass is 9.98. The third kappa shape index (κ3) is 4.47. The highest BCUT2D eigenvalue weighted by Crippen LogP contribution is 2.20. The molecule has 3 N–H and O–H groups in total. The van der Waals surface area contributed by atoms with Crippen molar-refractivity contribution >= 4 is 15.9 Å². The van der Waals surface area contributed by atoms with Crippen LogP contribution in [-0.2, 0) is 10.0 Å². The van der Waals surface area contributed by atoms with Gasteiger partial charge in [-0.1, -0.05) is 13.3 Å². The van der Waals surface area contributed by atoms with Gasteiger partial charge in [0.15, 0.2) is 5.82 Å². The molecule has 0 spiro atoms. The van der Waals surface area contributed by atoms with E-state index >= 15 is 0 Å². The van der Waals surface area contributed by atoms with Gasteiger partial charge in [0.25, 0.3) is 5.91 Å². The first-order valence-electron chi connectivity index (χ1n) is 6.32. The molecule has 0 radical (unpaired) electrons. The maximum absolute atomic E-state index is 14.1. The standard InChI is InChI=1S/C13H18F2N2O3S/c1-4-5-13(2,3)17-12(18)9-6-8(14)7-10(11(9)15)21(16,19)20/h6-7H,4-5H2,1-3H3,(H,17,18)(H2,16,19,20). The highest BCUT2D eigenvalue weighted by Gasteiger charge is 2.26. The molecule has 21 heavy (non-hydrogen) atoms. The van der Waals surface area contributed by atoms with Gasteiger partial charge in [-0.3, -0.25) is 4.79 Å². The van der Waals surface area contributed by atoms with Gasteiger partial charge in [-0.25, -0.2) is 22.3 Å². The number of nitrogens with one attached hydrogen (secondary N) is 1. The molecule has 0 unspecified atom stereocenters. The number of hydrogen-bond donors (Lipinski definition) is 2. The average Bonchev–Trinajstić information content (AvgIpc) is 2.29. The third-order valence-corrected chi connectivity index (χ3v) is 3.79. The number of benzene rings is 1. The number of halogens is 2. The van der Waals surface area contributed by atoms with Crippen LogP contribution in [0.5, 0.6) is 0 Å². The van der Waals surface area contributed by atoms with Crippen molar-refractivity contribution in [3.63, 3.8) is 0 Å². The summed E-state index contributed by atoms with van der Waals surface area (Å²) in [6, 6.07) is 1.08. The molecule has 0 aliphatic rings. The molecule has 1 amide bonds. The largest absolute Gasteiger partial charge is 0.347 e. The van der Waals surface area contributed by atoms with Crippen LogP contribution in [-0.4, -0.2) is 19.9 Å². The van der Waals surface area contributed by atoms with E-state index in [2.05, 4.69) is 5.32 Å². The van der Waals surface area contributed by atoms with Crippen LogP contribution in [0.25, 0.3) is 0 Å². The van der Waals surface area contributed by atoms with E-state index in [1.54, 1.807) is 13.8 Å². The predicted molar refractivity (Wildman–Crippen MR) is 74.2 cm³/mol. The van der Waals surface area contributed by atoms with Gasteiger partial charge in [-0.05, 0) is 32.4 Å². The highest BCUT2D eigenvalue weighted by atomic mass is 32.2. The Kier molecular flexibility index (Phi) is 5.06. The number of carbonyl (C=O) groups is 1. The quantitative estimate of drug-likeness (QED) is 0.868. The number of carbonyl (C=O) groups excluding carboxylic acids is 1. The first-order valence-corrected chi connectivity index (χ1v) is 7.87. The van der Waals surface area contributed by atoms with Crippen LogP contribution < -0.4 is 10.5 Å². The smallest absolute Gasteiger partial charge is 0.254 e. The summed E-state index contributed by atoms with van der Waals surface area (Å²) in [5.41, 5.74) is -1.32.